The van der Waals surface area contributed by atoms with Crippen molar-refractivity contribution in [2.45, 2.75) is 13.0 Å². The van der Waals surface area contributed by atoms with Gasteiger partial charge in [0.1, 0.15) is 6.26 Å². The summed E-state index contributed by atoms with van der Waals surface area (Å²) in [5.74, 6) is 0.728. The molecule has 4 rings (SSSR count). The molecule has 0 spiro atoms. The van der Waals surface area contributed by atoms with Crippen molar-refractivity contribution in [3.8, 4) is 11.5 Å². The van der Waals surface area contributed by atoms with Crippen molar-refractivity contribution in [3.63, 3.8) is 0 Å². The highest BCUT2D eigenvalue weighted by Crippen LogP contribution is 2.29. The van der Waals surface area contributed by atoms with Crippen LogP contribution in [0.1, 0.15) is 20.9 Å². The zero-order valence-electron chi connectivity index (χ0n) is 15.7. The van der Waals surface area contributed by atoms with Gasteiger partial charge in [0.2, 0.25) is 0 Å². The van der Waals surface area contributed by atoms with Crippen molar-refractivity contribution in [3.05, 3.63) is 59.0 Å². The summed E-state index contributed by atoms with van der Waals surface area (Å²) in [5, 5.41) is 3.29. The number of anilines is 1. The molecule has 29 heavy (non-hydrogen) atoms. The minimum Gasteiger partial charge on any atom is -0.493 e. The van der Waals surface area contributed by atoms with Crippen LogP contribution >= 0.6 is 11.3 Å². The normalized spacial score (nSPS) is 12.9. The lowest BCUT2D eigenvalue weighted by Gasteiger charge is -2.26. The molecule has 0 bridgehead atoms. The lowest BCUT2D eigenvalue weighted by Crippen LogP contribution is -2.38. The van der Waals surface area contributed by atoms with E-state index in [2.05, 4.69) is 10.3 Å². The molecule has 1 N–H and O–H groups in total. The number of rotatable bonds is 6. The van der Waals surface area contributed by atoms with E-state index in [4.69, 9.17) is 13.9 Å². The van der Waals surface area contributed by atoms with E-state index in [0.29, 0.717) is 41.7 Å². The first kappa shape index (κ1) is 19.0. The number of hydrogen-bond acceptors (Lipinski definition) is 7. The monoisotopic (exact) mass is 413 g/mol. The average molecular weight is 413 g/mol. The number of para-hydroxylation sites is 2. The van der Waals surface area contributed by atoms with Crippen LogP contribution in [-0.2, 0) is 17.8 Å². The molecule has 1 aliphatic heterocycles. The lowest BCUT2D eigenvalue weighted by atomic mass is 10.2. The van der Waals surface area contributed by atoms with Gasteiger partial charge in [-0.25, -0.2) is 4.98 Å². The third-order valence-corrected chi connectivity index (χ3v) is 5.51. The SMILES string of the molecule is COc1ccccc1OCC(=O)N1CCc2nc(NC(=O)c3ccoc3)sc2C1. The first-order valence-electron chi connectivity index (χ1n) is 9.00. The molecule has 2 amide bonds. The second kappa shape index (κ2) is 8.36. The Morgan fingerprint density at radius 1 is 1.28 bits per heavy atom. The Morgan fingerprint density at radius 2 is 2.10 bits per heavy atom. The third-order valence-electron chi connectivity index (χ3n) is 4.51. The second-order valence-corrected chi connectivity index (χ2v) is 7.44. The van der Waals surface area contributed by atoms with Gasteiger partial charge in [-0.2, -0.15) is 0 Å². The van der Waals surface area contributed by atoms with Gasteiger partial charge >= 0.3 is 0 Å². The fraction of sp³-hybridized carbons (Fsp3) is 0.250. The number of thiazole rings is 1. The van der Waals surface area contributed by atoms with Crippen LogP contribution < -0.4 is 14.8 Å². The van der Waals surface area contributed by atoms with E-state index < -0.39 is 0 Å². The molecule has 0 unspecified atom stereocenters. The molecule has 0 saturated carbocycles. The van der Waals surface area contributed by atoms with Gasteiger partial charge < -0.3 is 18.8 Å². The Morgan fingerprint density at radius 3 is 2.86 bits per heavy atom. The molecule has 8 nitrogen and oxygen atoms in total. The summed E-state index contributed by atoms with van der Waals surface area (Å²) in [6, 6.07) is 8.80. The number of fused-ring (bicyclic) bond motifs is 1. The number of hydrogen-bond donors (Lipinski definition) is 1. The van der Waals surface area contributed by atoms with E-state index in [9.17, 15) is 9.59 Å². The molecule has 0 atom stereocenters. The van der Waals surface area contributed by atoms with Crippen LogP contribution in [-0.4, -0.2) is 42.0 Å². The van der Waals surface area contributed by atoms with Crippen molar-refractivity contribution < 1.29 is 23.5 Å². The van der Waals surface area contributed by atoms with Gasteiger partial charge in [-0.1, -0.05) is 23.5 Å². The third kappa shape index (κ3) is 4.24. The minimum atomic E-state index is -0.275. The summed E-state index contributed by atoms with van der Waals surface area (Å²) in [7, 11) is 1.56. The molecular formula is C20H19N3O5S. The van der Waals surface area contributed by atoms with Crippen molar-refractivity contribution in [1.82, 2.24) is 9.88 Å². The standard InChI is InChI=1S/C20H19N3O5S/c1-26-15-4-2-3-5-16(15)28-12-18(24)23-8-6-14-17(10-23)29-20(21-14)22-19(25)13-7-9-27-11-13/h2-5,7,9,11H,6,8,10,12H2,1H3,(H,21,22,25). The Labute approximate surface area is 171 Å². The highest BCUT2D eigenvalue weighted by Gasteiger charge is 2.25. The van der Waals surface area contributed by atoms with Crippen LogP contribution in [0.4, 0.5) is 5.13 Å². The van der Waals surface area contributed by atoms with Crippen molar-refractivity contribution in [1.29, 1.82) is 0 Å². The molecular weight excluding hydrogens is 394 g/mol. The van der Waals surface area contributed by atoms with Crippen LogP contribution in [0.25, 0.3) is 0 Å². The lowest BCUT2D eigenvalue weighted by molar-refractivity contribution is -0.134. The van der Waals surface area contributed by atoms with Crippen molar-refractivity contribution in [2.24, 2.45) is 0 Å². The molecule has 9 heteroatoms. The van der Waals surface area contributed by atoms with E-state index in [0.717, 1.165) is 10.6 Å². The number of furan rings is 1. The number of aromatic nitrogens is 1. The first-order chi connectivity index (χ1) is 14.1. The molecule has 3 heterocycles. The molecule has 3 aromatic rings. The number of carbonyl (C=O) groups excluding carboxylic acids is 2. The molecule has 2 aromatic heterocycles. The van der Waals surface area contributed by atoms with Crippen LogP contribution in [0.3, 0.4) is 0 Å². The summed E-state index contributed by atoms with van der Waals surface area (Å²) in [6.07, 6.45) is 3.46. The summed E-state index contributed by atoms with van der Waals surface area (Å²) in [4.78, 5) is 31.9. The maximum atomic E-state index is 12.6. The maximum Gasteiger partial charge on any atom is 0.260 e. The summed E-state index contributed by atoms with van der Waals surface area (Å²) >= 11 is 1.37. The number of benzene rings is 1. The summed E-state index contributed by atoms with van der Waals surface area (Å²) in [6.45, 7) is 0.932. The van der Waals surface area contributed by atoms with Gasteiger partial charge in [-0.15, -0.1) is 0 Å². The van der Waals surface area contributed by atoms with Gasteiger partial charge in [0.05, 0.1) is 31.2 Å². The Balaban J connectivity index is 1.36. The number of carbonyl (C=O) groups is 2. The zero-order valence-corrected chi connectivity index (χ0v) is 16.5. The predicted molar refractivity (Wildman–Crippen MR) is 106 cm³/mol. The highest BCUT2D eigenvalue weighted by atomic mass is 32.1. The summed E-state index contributed by atoms with van der Waals surface area (Å²) < 4.78 is 15.8. The van der Waals surface area contributed by atoms with Crippen molar-refractivity contribution in [2.75, 3.05) is 25.6 Å². The quantitative estimate of drug-likeness (QED) is 0.668. The van der Waals surface area contributed by atoms with Gasteiger partial charge in [-0.3, -0.25) is 14.9 Å². The number of nitrogens with one attached hydrogen (secondary N) is 1. The number of nitrogens with zero attached hydrogens (tertiary/aromatic N) is 2. The Bertz CT molecular complexity index is 1020. The van der Waals surface area contributed by atoms with Crippen LogP contribution in [0, 0.1) is 0 Å². The van der Waals surface area contributed by atoms with Gasteiger partial charge in [0.25, 0.3) is 11.8 Å². The van der Waals surface area contributed by atoms with Crippen molar-refractivity contribution >= 4 is 28.3 Å². The Kier molecular flexibility index (Phi) is 5.48. The van der Waals surface area contributed by atoms with Crippen LogP contribution in [0.2, 0.25) is 0 Å². The van der Waals surface area contributed by atoms with E-state index >= 15 is 0 Å². The smallest absolute Gasteiger partial charge is 0.260 e. The number of methoxy groups -OCH3 is 1. The van der Waals surface area contributed by atoms with Gasteiger partial charge in [0.15, 0.2) is 23.2 Å². The highest BCUT2D eigenvalue weighted by molar-refractivity contribution is 7.15. The zero-order chi connectivity index (χ0) is 20.2. The Hall–Kier alpha value is -3.33. The van der Waals surface area contributed by atoms with Gasteiger partial charge in [0, 0.05) is 17.8 Å². The molecule has 0 fully saturated rings. The van der Waals surface area contributed by atoms with Gasteiger partial charge in [-0.05, 0) is 18.2 Å². The largest absolute Gasteiger partial charge is 0.493 e. The van der Waals surface area contributed by atoms with E-state index in [1.807, 2.05) is 12.1 Å². The van der Waals surface area contributed by atoms with Crippen LogP contribution in [0.5, 0.6) is 11.5 Å². The fourth-order valence-electron chi connectivity index (χ4n) is 2.99. The molecule has 0 aliphatic carbocycles. The van der Waals surface area contributed by atoms with E-state index in [1.54, 1.807) is 30.2 Å². The molecule has 1 aliphatic rings. The number of amides is 2. The van der Waals surface area contributed by atoms with E-state index in [1.165, 1.54) is 23.9 Å². The van der Waals surface area contributed by atoms with E-state index in [-0.39, 0.29) is 18.4 Å². The molecule has 1 aromatic carbocycles. The average Bonchev–Trinajstić information content (AvgIpc) is 3.41. The molecule has 0 radical (unpaired) electrons. The van der Waals surface area contributed by atoms with Crippen LogP contribution in [0.15, 0.2) is 47.3 Å². The predicted octanol–water partition coefficient (Wildman–Crippen LogP) is 2.96. The summed E-state index contributed by atoms with van der Waals surface area (Å²) in [5.41, 5.74) is 1.34. The topological polar surface area (TPSA) is 93.9 Å². The fourth-order valence-corrected chi connectivity index (χ4v) is 4.01. The first-order valence-corrected chi connectivity index (χ1v) is 9.81. The maximum absolute atomic E-state index is 12.6. The second-order valence-electron chi connectivity index (χ2n) is 6.36. The molecule has 150 valence electrons. The number of ether oxygens (including phenoxy) is 2. The molecule has 0 saturated heterocycles. The minimum absolute atomic E-state index is 0.0708.